The third kappa shape index (κ3) is 5.70. The Hall–Kier alpha value is -0.940. The van der Waals surface area contributed by atoms with Gasteiger partial charge in [-0.1, -0.05) is 20.8 Å². The van der Waals surface area contributed by atoms with Crippen LogP contribution >= 0.6 is 11.3 Å². The fourth-order valence-corrected chi connectivity index (χ4v) is 2.79. The lowest BCUT2D eigenvalue weighted by molar-refractivity contribution is -0.116. The summed E-state index contributed by atoms with van der Waals surface area (Å²) in [4.78, 5) is 17.1. The molecule has 0 spiro atoms. The molecule has 4 nitrogen and oxygen atoms in total. The molecule has 1 unspecified atom stereocenters. The van der Waals surface area contributed by atoms with Crippen LogP contribution in [0.4, 0.5) is 5.13 Å². The highest BCUT2D eigenvalue weighted by Gasteiger charge is 2.24. The van der Waals surface area contributed by atoms with E-state index in [1.165, 1.54) is 11.3 Å². The van der Waals surface area contributed by atoms with Crippen molar-refractivity contribution >= 4 is 22.4 Å². The average Bonchev–Trinajstić information content (AvgIpc) is 2.68. The Labute approximate surface area is 119 Å². The third-order valence-corrected chi connectivity index (χ3v) is 4.16. The molecule has 0 saturated carbocycles. The molecular formula is C14H25N3OS. The van der Waals surface area contributed by atoms with Crippen LogP contribution < -0.4 is 11.1 Å². The first-order valence-electron chi connectivity index (χ1n) is 6.75. The van der Waals surface area contributed by atoms with Crippen molar-refractivity contribution in [3.8, 4) is 0 Å². The van der Waals surface area contributed by atoms with Crippen LogP contribution in [-0.2, 0) is 4.79 Å². The standard InChI is InChI=1S/C14H25N3OS/c1-10-9-16-13(19-10)17-12(18)6-5-11(7-8-15)14(2,3)4/h9,11H,5-8,15H2,1-4H3,(H,16,17,18). The molecule has 0 aliphatic heterocycles. The van der Waals surface area contributed by atoms with Crippen molar-refractivity contribution in [2.75, 3.05) is 11.9 Å². The second kappa shape index (κ2) is 7.01. The zero-order chi connectivity index (χ0) is 14.5. The van der Waals surface area contributed by atoms with Gasteiger partial charge >= 0.3 is 0 Å². The summed E-state index contributed by atoms with van der Waals surface area (Å²) in [6.45, 7) is 9.26. The number of nitrogens with zero attached hydrogens (tertiary/aromatic N) is 1. The zero-order valence-corrected chi connectivity index (χ0v) is 13.1. The van der Waals surface area contributed by atoms with Crippen LogP contribution in [0.1, 0.15) is 44.9 Å². The van der Waals surface area contributed by atoms with Gasteiger partial charge < -0.3 is 11.1 Å². The number of carbonyl (C=O) groups is 1. The van der Waals surface area contributed by atoms with Gasteiger partial charge in [-0.2, -0.15) is 0 Å². The van der Waals surface area contributed by atoms with Crippen molar-refractivity contribution in [3.05, 3.63) is 11.1 Å². The van der Waals surface area contributed by atoms with E-state index in [-0.39, 0.29) is 11.3 Å². The summed E-state index contributed by atoms with van der Waals surface area (Å²) in [5.41, 5.74) is 5.84. The number of amides is 1. The van der Waals surface area contributed by atoms with E-state index >= 15 is 0 Å². The first kappa shape index (κ1) is 16.1. The van der Waals surface area contributed by atoms with Crippen LogP contribution in [0.15, 0.2) is 6.20 Å². The monoisotopic (exact) mass is 283 g/mol. The molecule has 1 aromatic rings. The first-order valence-corrected chi connectivity index (χ1v) is 7.57. The van der Waals surface area contributed by atoms with Crippen LogP contribution in [-0.4, -0.2) is 17.4 Å². The molecule has 0 aliphatic carbocycles. The van der Waals surface area contributed by atoms with Crippen LogP contribution in [0, 0.1) is 18.3 Å². The molecule has 5 heteroatoms. The Kier molecular flexibility index (Phi) is 5.94. The number of hydrogen-bond donors (Lipinski definition) is 2. The second-order valence-corrected chi connectivity index (χ2v) is 7.24. The lowest BCUT2D eigenvalue weighted by Gasteiger charge is -2.30. The van der Waals surface area contributed by atoms with Crippen molar-refractivity contribution < 1.29 is 4.79 Å². The minimum absolute atomic E-state index is 0.0422. The minimum atomic E-state index is 0.0422. The van der Waals surface area contributed by atoms with E-state index in [0.717, 1.165) is 17.7 Å². The Morgan fingerprint density at radius 2 is 2.16 bits per heavy atom. The molecule has 1 amide bonds. The molecule has 1 atom stereocenters. The van der Waals surface area contributed by atoms with Crippen LogP contribution in [0.5, 0.6) is 0 Å². The summed E-state index contributed by atoms with van der Waals surface area (Å²) in [6.07, 6.45) is 4.14. The summed E-state index contributed by atoms with van der Waals surface area (Å²) in [5.74, 6) is 0.516. The molecular weight excluding hydrogens is 258 g/mol. The molecule has 0 radical (unpaired) electrons. The van der Waals surface area contributed by atoms with E-state index in [2.05, 4.69) is 31.1 Å². The van der Waals surface area contributed by atoms with Gasteiger partial charge in [0.05, 0.1) is 0 Å². The van der Waals surface area contributed by atoms with Crippen LogP contribution in [0.2, 0.25) is 0 Å². The Balaban J connectivity index is 2.43. The van der Waals surface area contributed by atoms with Gasteiger partial charge in [-0.25, -0.2) is 4.98 Å². The van der Waals surface area contributed by atoms with Crippen molar-refractivity contribution in [1.82, 2.24) is 4.98 Å². The summed E-state index contributed by atoms with van der Waals surface area (Å²) in [6, 6.07) is 0. The molecule has 19 heavy (non-hydrogen) atoms. The number of anilines is 1. The lowest BCUT2D eigenvalue weighted by Crippen LogP contribution is -2.25. The van der Waals surface area contributed by atoms with Gasteiger partial charge in [0.25, 0.3) is 0 Å². The van der Waals surface area contributed by atoms with Crippen LogP contribution in [0.3, 0.4) is 0 Å². The van der Waals surface area contributed by atoms with E-state index in [1.54, 1.807) is 6.20 Å². The molecule has 1 rings (SSSR count). The number of nitrogens with one attached hydrogen (secondary N) is 1. The fourth-order valence-electron chi connectivity index (χ4n) is 2.11. The number of aromatic nitrogens is 1. The molecule has 0 fully saturated rings. The molecule has 0 bridgehead atoms. The van der Waals surface area contributed by atoms with Gasteiger partial charge in [0, 0.05) is 17.5 Å². The topological polar surface area (TPSA) is 68.0 Å². The largest absolute Gasteiger partial charge is 0.330 e. The van der Waals surface area contributed by atoms with Gasteiger partial charge in [0.1, 0.15) is 0 Å². The average molecular weight is 283 g/mol. The highest BCUT2D eigenvalue weighted by molar-refractivity contribution is 7.15. The SMILES string of the molecule is Cc1cnc(NC(=O)CCC(CCN)C(C)(C)C)s1. The smallest absolute Gasteiger partial charge is 0.226 e. The predicted molar refractivity (Wildman–Crippen MR) is 81.3 cm³/mol. The number of aryl methyl sites for hydroxylation is 1. The Morgan fingerprint density at radius 1 is 1.47 bits per heavy atom. The predicted octanol–water partition coefficient (Wildman–Crippen LogP) is 3.18. The van der Waals surface area contributed by atoms with Crippen molar-refractivity contribution in [2.24, 2.45) is 17.1 Å². The van der Waals surface area contributed by atoms with Gasteiger partial charge in [-0.3, -0.25) is 4.79 Å². The van der Waals surface area contributed by atoms with Crippen molar-refractivity contribution in [3.63, 3.8) is 0 Å². The minimum Gasteiger partial charge on any atom is -0.330 e. The Morgan fingerprint density at radius 3 is 2.63 bits per heavy atom. The number of hydrogen-bond acceptors (Lipinski definition) is 4. The maximum absolute atomic E-state index is 11.9. The normalized spacial score (nSPS) is 13.3. The van der Waals surface area contributed by atoms with E-state index in [9.17, 15) is 4.79 Å². The van der Waals surface area contributed by atoms with Gasteiger partial charge in [-0.05, 0) is 37.6 Å². The number of nitrogens with two attached hydrogens (primary N) is 1. The van der Waals surface area contributed by atoms with E-state index < -0.39 is 0 Å². The maximum atomic E-state index is 11.9. The van der Waals surface area contributed by atoms with Crippen molar-refractivity contribution in [2.45, 2.75) is 47.0 Å². The lowest BCUT2D eigenvalue weighted by atomic mass is 9.76. The zero-order valence-electron chi connectivity index (χ0n) is 12.3. The summed E-state index contributed by atoms with van der Waals surface area (Å²) in [7, 11) is 0. The molecule has 108 valence electrons. The fraction of sp³-hybridized carbons (Fsp3) is 0.714. The maximum Gasteiger partial charge on any atom is 0.226 e. The van der Waals surface area contributed by atoms with E-state index in [4.69, 9.17) is 5.73 Å². The number of thiazole rings is 1. The second-order valence-electron chi connectivity index (χ2n) is 6.00. The van der Waals surface area contributed by atoms with E-state index in [0.29, 0.717) is 24.0 Å². The van der Waals surface area contributed by atoms with Gasteiger partial charge in [0.15, 0.2) is 5.13 Å². The number of carbonyl (C=O) groups excluding carboxylic acids is 1. The van der Waals surface area contributed by atoms with Crippen molar-refractivity contribution in [1.29, 1.82) is 0 Å². The van der Waals surface area contributed by atoms with Crippen LogP contribution in [0.25, 0.3) is 0 Å². The summed E-state index contributed by atoms with van der Waals surface area (Å²) >= 11 is 1.50. The Bertz CT molecular complexity index is 409. The summed E-state index contributed by atoms with van der Waals surface area (Å²) in [5, 5.41) is 3.54. The molecule has 0 aliphatic rings. The molecule has 1 aromatic heterocycles. The summed E-state index contributed by atoms with van der Waals surface area (Å²) < 4.78 is 0. The molecule has 1 heterocycles. The first-order chi connectivity index (χ1) is 8.82. The molecule has 0 aromatic carbocycles. The number of rotatable bonds is 6. The highest BCUT2D eigenvalue weighted by Crippen LogP contribution is 2.32. The van der Waals surface area contributed by atoms with E-state index in [1.807, 2.05) is 6.92 Å². The third-order valence-electron chi connectivity index (χ3n) is 3.33. The van der Waals surface area contributed by atoms with Gasteiger partial charge in [-0.15, -0.1) is 11.3 Å². The quantitative estimate of drug-likeness (QED) is 0.842. The molecule has 3 N–H and O–H groups in total. The highest BCUT2D eigenvalue weighted by atomic mass is 32.1. The van der Waals surface area contributed by atoms with Gasteiger partial charge in [0.2, 0.25) is 5.91 Å². The molecule has 0 saturated heterocycles.